The quantitative estimate of drug-likeness (QED) is 0.572. The predicted octanol–water partition coefficient (Wildman–Crippen LogP) is 2.78. The van der Waals surface area contributed by atoms with Gasteiger partial charge in [-0.1, -0.05) is 6.07 Å². The first-order chi connectivity index (χ1) is 7.86. The molecule has 0 amide bonds. The van der Waals surface area contributed by atoms with Crippen LogP contribution in [0.25, 0.3) is 0 Å². The lowest BCUT2D eigenvalue weighted by molar-refractivity contribution is 0.0739. The summed E-state index contributed by atoms with van der Waals surface area (Å²) in [7, 11) is 0. The summed E-state index contributed by atoms with van der Waals surface area (Å²) in [6.07, 6.45) is 2.34. The maximum Gasteiger partial charge on any atom is 0.223 e. The maximum atomic E-state index is 11.5. The second-order valence-corrected chi connectivity index (χ2v) is 4.31. The number of carbonyl (C=O) groups is 1. The van der Waals surface area contributed by atoms with Gasteiger partial charge in [0.25, 0.3) is 0 Å². The number of thiophene rings is 1. The van der Waals surface area contributed by atoms with Gasteiger partial charge in [0, 0.05) is 11.3 Å². The van der Waals surface area contributed by atoms with Crippen molar-refractivity contribution in [2.24, 2.45) is 0 Å². The minimum Gasteiger partial charge on any atom is -0.461 e. The standard InChI is InChI=1S/C12H12O3S/c13-11(12-4-1-6-15-12)9-14-7-5-10-3-2-8-16-10/h1-4,6,8H,5,7,9H2. The minimum absolute atomic E-state index is 0.0822. The highest BCUT2D eigenvalue weighted by molar-refractivity contribution is 7.09. The van der Waals surface area contributed by atoms with Crippen LogP contribution in [0.15, 0.2) is 40.3 Å². The average Bonchev–Trinajstić information content (AvgIpc) is 2.96. The molecule has 2 aromatic rings. The smallest absolute Gasteiger partial charge is 0.223 e. The number of hydrogen-bond acceptors (Lipinski definition) is 4. The first-order valence-corrected chi connectivity index (χ1v) is 5.91. The Hall–Kier alpha value is -1.39. The zero-order valence-electron chi connectivity index (χ0n) is 8.72. The Morgan fingerprint density at radius 2 is 2.31 bits per heavy atom. The van der Waals surface area contributed by atoms with Crippen LogP contribution in [0.2, 0.25) is 0 Å². The Balaban J connectivity index is 1.67. The summed E-state index contributed by atoms with van der Waals surface area (Å²) in [5.41, 5.74) is 0. The number of furan rings is 1. The summed E-state index contributed by atoms with van der Waals surface area (Å²) in [5.74, 6) is 0.243. The molecule has 2 heterocycles. The van der Waals surface area contributed by atoms with Gasteiger partial charge in [-0.2, -0.15) is 0 Å². The van der Waals surface area contributed by atoms with Crippen molar-refractivity contribution in [1.29, 1.82) is 0 Å². The van der Waals surface area contributed by atoms with Crippen molar-refractivity contribution in [2.45, 2.75) is 6.42 Å². The van der Waals surface area contributed by atoms with Crippen LogP contribution >= 0.6 is 11.3 Å². The SMILES string of the molecule is O=C(COCCc1cccs1)c1ccco1. The van der Waals surface area contributed by atoms with E-state index in [0.29, 0.717) is 12.4 Å². The lowest BCUT2D eigenvalue weighted by Gasteiger charge is -2.00. The first kappa shape index (κ1) is 11.1. The van der Waals surface area contributed by atoms with Crippen molar-refractivity contribution < 1.29 is 13.9 Å². The fourth-order valence-electron chi connectivity index (χ4n) is 1.30. The van der Waals surface area contributed by atoms with Crippen LogP contribution in [-0.2, 0) is 11.2 Å². The molecule has 0 aliphatic rings. The van der Waals surface area contributed by atoms with E-state index < -0.39 is 0 Å². The summed E-state index contributed by atoms with van der Waals surface area (Å²) >= 11 is 1.70. The third kappa shape index (κ3) is 3.05. The van der Waals surface area contributed by atoms with Gasteiger partial charge in [-0.05, 0) is 23.6 Å². The van der Waals surface area contributed by atoms with Gasteiger partial charge < -0.3 is 9.15 Å². The van der Waals surface area contributed by atoms with Crippen molar-refractivity contribution in [3.63, 3.8) is 0 Å². The molecule has 0 saturated carbocycles. The van der Waals surface area contributed by atoms with E-state index in [1.54, 1.807) is 23.5 Å². The van der Waals surface area contributed by atoms with Gasteiger partial charge in [0.05, 0.1) is 12.9 Å². The van der Waals surface area contributed by atoms with Gasteiger partial charge in [-0.3, -0.25) is 4.79 Å². The monoisotopic (exact) mass is 236 g/mol. The highest BCUT2D eigenvalue weighted by Gasteiger charge is 2.08. The molecule has 0 N–H and O–H groups in total. The number of carbonyl (C=O) groups excluding carboxylic acids is 1. The summed E-state index contributed by atoms with van der Waals surface area (Å²) in [4.78, 5) is 12.7. The third-order valence-electron chi connectivity index (χ3n) is 2.10. The molecule has 0 bridgehead atoms. The number of ketones is 1. The summed E-state index contributed by atoms with van der Waals surface area (Å²) in [5, 5.41) is 2.03. The van der Waals surface area contributed by atoms with Gasteiger partial charge in [0.2, 0.25) is 5.78 Å². The van der Waals surface area contributed by atoms with Crippen molar-refractivity contribution in [2.75, 3.05) is 13.2 Å². The zero-order chi connectivity index (χ0) is 11.2. The van der Waals surface area contributed by atoms with E-state index in [1.807, 2.05) is 11.4 Å². The maximum absolute atomic E-state index is 11.5. The molecule has 0 unspecified atom stereocenters. The summed E-state index contributed by atoms with van der Waals surface area (Å²) in [6.45, 7) is 0.645. The predicted molar refractivity (Wildman–Crippen MR) is 61.9 cm³/mol. The lowest BCUT2D eigenvalue weighted by Crippen LogP contribution is -2.09. The molecule has 2 aromatic heterocycles. The Kier molecular flexibility index (Phi) is 3.91. The number of Topliss-reactive ketones (excluding diaryl/α,β-unsaturated/α-hetero) is 1. The molecule has 0 radical (unpaired) electrons. The molecule has 0 saturated heterocycles. The summed E-state index contributed by atoms with van der Waals surface area (Å²) in [6, 6.07) is 7.40. The van der Waals surface area contributed by atoms with Crippen molar-refractivity contribution in [3.8, 4) is 0 Å². The van der Waals surface area contributed by atoms with Crippen molar-refractivity contribution >= 4 is 17.1 Å². The van der Waals surface area contributed by atoms with E-state index in [-0.39, 0.29) is 12.4 Å². The second kappa shape index (κ2) is 5.63. The van der Waals surface area contributed by atoms with Crippen LogP contribution in [0.4, 0.5) is 0 Å². The van der Waals surface area contributed by atoms with Gasteiger partial charge in [0.15, 0.2) is 5.76 Å². The molecule has 4 heteroatoms. The molecular formula is C12H12O3S. The molecule has 16 heavy (non-hydrogen) atoms. The van der Waals surface area contributed by atoms with Crippen molar-refractivity contribution in [1.82, 2.24) is 0 Å². The van der Waals surface area contributed by atoms with Crippen LogP contribution < -0.4 is 0 Å². The molecular weight excluding hydrogens is 224 g/mol. The van der Waals surface area contributed by atoms with Gasteiger partial charge in [0.1, 0.15) is 6.61 Å². The molecule has 0 fully saturated rings. The Morgan fingerprint density at radius 3 is 3.00 bits per heavy atom. The van der Waals surface area contributed by atoms with E-state index in [4.69, 9.17) is 9.15 Å². The number of hydrogen-bond donors (Lipinski definition) is 0. The van der Waals surface area contributed by atoms with E-state index in [1.165, 1.54) is 11.1 Å². The highest BCUT2D eigenvalue weighted by Crippen LogP contribution is 2.09. The number of rotatable bonds is 6. The Labute approximate surface area is 97.7 Å². The topological polar surface area (TPSA) is 39.4 Å². The molecule has 0 aromatic carbocycles. The van der Waals surface area contributed by atoms with E-state index in [0.717, 1.165) is 6.42 Å². The molecule has 2 rings (SSSR count). The minimum atomic E-state index is -0.115. The van der Waals surface area contributed by atoms with Crippen molar-refractivity contribution in [3.05, 3.63) is 46.5 Å². The zero-order valence-corrected chi connectivity index (χ0v) is 9.53. The molecule has 0 spiro atoms. The lowest BCUT2D eigenvalue weighted by atomic mass is 10.3. The first-order valence-electron chi connectivity index (χ1n) is 5.03. The third-order valence-corrected chi connectivity index (χ3v) is 3.04. The normalized spacial score (nSPS) is 10.5. The van der Waals surface area contributed by atoms with Crippen LogP contribution in [0.1, 0.15) is 15.4 Å². The van der Waals surface area contributed by atoms with E-state index in [2.05, 4.69) is 6.07 Å². The Bertz CT molecular complexity index is 417. The van der Waals surface area contributed by atoms with E-state index >= 15 is 0 Å². The second-order valence-electron chi connectivity index (χ2n) is 3.28. The molecule has 3 nitrogen and oxygen atoms in total. The molecule has 0 atom stereocenters. The average molecular weight is 236 g/mol. The van der Waals surface area contributed by atoms with Crippen LogP contribution in [0, 0.1) is 0 Å². The fraction of sp³-hybridized carbons (Fsp3) is 0.250. The van der Waals surface area contributed by atoms with Gasteiger partial charge in [-0.25, -0.2) is 0 Å². The molecule has 0 aliphatic heterocycles. The molecule has 84 valence electrons. The Morgan fingerprint density at radius 1 is 1.38 bits per heavy atom. The fourth-order valence-corrected chi connectivity index (χ4v) is 1.99. The highest BCUT2D eigenvalue weighted by atomic mass is 32.1. The summed E-state index contributed by atoms with van der Waals surface area (Å²) < 4.78 is 10.3. The molecule has 0 aliphatic carbocycles. The van der Waals surface area contributed by atoms with Gasteiger partial charge >= 0.3 is 0 Å². The van der Waals surface area contributed by atoms with Crippen LogP contribution in [0.3, 0.4) is 0 Å². The van der Waals surface area contributed by atoms with Crippen LogP contribution in [0.5, 0.6) is 0 Å². The van der Waals surface area contributed by atoms with Gasteiger partial charge in [-0.15, -0.1) is 11.3 Å². The van der Waals surface area contributed by atoms with E-state index in [9.17, 15) is 4.79 Å². The largest absolute Gasteiger partial charge is 0.461 e. The van der Waals surface area contributed by atoms with Crippen LogP contribution in [-0.4, -0.2) is 19.0 Å². The number of ether oxygens (including phenoxy) is 1.